The quantitative estimate of drug-likeness (QED) is 0.590. The van der Waals surface area contributed by atoms with Crippen molar-refractivity contribution in [1.82, 2.24) is 10.6 Å². The predicted octanol–water partition coefficient (Wildman–Crippen LogP) is 1.04. The molecular formula is C14H25N3O2. The van der Waals surface area contributed by atoms with Crippen LogP contribution in [0.1, 0.15) is 39.0 Å². The molecule has 0 amide bonds. The molecule has 0 bridgehead atoms. The third kappa shape index (κ3) is 2.46. The molecule has 108 valence electrons. The molecule has 3 aliphatic rings. The normalized spacial score (nSPS) is 38.3. The summed E-state index contributed by atoms with van der Waals surface area (Å²) in [5, 5.41) is 6.96. The Balaban J connectivity index is 1.61. The van der Waals surface area contributed by atoms with Crippen LogP contribution in [0.15, 0.2) is 4.99 Å². The molecule has 19 heavy (non-hydrogen) atoms. The largest absolute Gasteiger partial charge is 0.375 e. The second-order valence-electron chi connectivity index (χ2n) is 5.77. The molecule has 1 heterocycles. The van der Waals surface area contributed by atoms with Crippen LogP contribution in [0.3, 0.4) is 0 Å². The fraction of sp³-hybridized carbons (Fsp3) is 0.929. The van der Waals surface area contributed by atoms with Crippen molar-refractivity contribution >= 4 is 5.96 Å². The van der Waals surface area contributed by atoms with E-state index in [0.717, 1.165) is 38.4 Å². The number of hydrogen-bond acceptors (Lipinski definition) is 3. The molecule has 0 radical (unpaired) electrons. The lowest BCUT2D eigenvalue weighted by molar-refractivity contribution is -0.194. The Labute approximate surface area is 115 Å². The molecular weight excluding hydrogens is 242 g/mol. The van der Waals surface area contributed by atoms with Gasteiger partial charge in [-0.05, 0) is 39.0 Å². The highest BCUT2D eigenvalue weighted by Crippen LogP contribution is 2.45. The lowest BCUT2D eigenvalue weighted by Crippen LogP contribution is -2.70. The van der Waals surface area contributed by atoms with Crippen molar-refractivity contribution in [3.63, 3.8) is 0 Å². The van der Waals surface area contributed by atoms with Gasteiger partial charge in [-0.25, -0.2) is 0 Å². The summed E-state index contributed by atoms with van der Waals surface area (Å²) in [4.78, 5) is 4.31. The molecule has 3 rings (SSSR count). The third-order valence-electron chi connectivity index (χ3n) is 4.49. The van der Waals surface area contributed by atoms with Crippen molar-refractivity contribution in [3.8, 4) is 0 Å². The molecule has 2 N–H and O–H groups in total. The first kappa shape index (κ1) is 13.2. The average molecular weight is 267 g/mol. The highest BCUT2D eigenvalue weighted by atomic mass is 16.6. The van der Waals surface area contributed by atoms with Gasteiger partial charge in [0.1, 0.15) is 5.60 Å². The number of hydrogen-bond donors (Lipinski definition) is 2. The number of nitrogens with zero attached hydrogens (tertiary/aromatic N) is 1. The van der Waals surface area contributed by atoms with E-state index in [0.29, 0.717) is 12.1 Å². The molecule has 0 aromatic heterocycles. The van der Waals surface area contributed by atoms with Crippen LogP contribution in [-0.2, 0) is 9.47 Å². The van der Waals surface area contributed by atoms with E-state index in [1.165, 1.54) is 12.8 Å². The van der Waals surface area contributed by atoms with Gasteiger partial charge < -0.3 is 20.1 Å². The van der Waals surface area contributed by atoms with E-state index in [-0.39, 0.29) is 11.7 Å². The van der Waals surface area contributed by atoms with Crippen LogP contribution in [0.25, 0.3) is 0 Å². The van der Waals surface area contributed by atoms with E-state index >= 15 is 0 Å². The van der Waals surface area contributed by atoms with Crippen molar-refractivity contribution in [2.45, 2.75) is 62.8 Å². The lowest BCUT2D eigenvalue weighted by atomic mass is 9.70. The Morgan fingerprint density at radius 3 is 2.84 bits per heavy atom. The number of rotatable bonds is 4. The summed E-state index contributed by atoms with van der Waals surface area (Å²) >= 11 is 0. The molecule has 5 heteroatoms. The van der Waals surface area contributed by atoms with Crippen molar-refractivity contribution < 1.29 is 9.47 Å². The zero-order chi connectivity index (χ0) is 13.3. The van der Waals surface area contributed by atoms with Gasteiger partial charge in [0.15, 0.2) is 5.96 Å². The highest BCUT2D eigenvalue weighted by molar-refractivity contribution is 5.81. The maximum Gasteiger partial charge on any atom is 0.191 e. The highest BCUT2D eigenvalue weighted by Gasteiger charge is 2.59. The van der Waals surface area contributed by atoms with Crippen LogP contribution < -0.4 is 10.6 Å². The summed E-state index contributed by atoms with van der Waals surface area (Å²) in [6, 6.07) is 0.950. The van der Waals surface area contributed by atoms with Gasteiger partial charge in [-0.2, -0.15) is 0 Å². The Morgan fingerprint density at radius 1 is 1.42 bits per heavy atom. The third-order valence-corrected chi connectivity index (χ3v) is 4.49. The summed E-state index contributed by atoms with van der Waals surface area (Å²) in [6.07, 6.45) is 6.01. The van der Waals surface area contributed by atoms with Gasteiger partial charge >= 0.3 is 0 Å². The van der Waals surface area contributed by atoms with Crippen LogP contribution in [0.4, 0.5) is 0 Å². The molecule has 1 saturated heterocycles. The minimum absolute atomic E-state index is 0.114. The maximum absolute atomic E-state index is 6.05. The first-order chi connectivity index (χ1) is 9.28. The molecule has 1 spiro atoms. The Morgan fingerprint density at radius 2 is 2.26 bits per heavy atom. The first-order valence-electron chi connectivity index (χ1n) is 7.54. The minimum atomic E-state index is -0.114. The van der Waals surface area contributed by atoms with Crippen molar-refractivity contribution in [2.24, 2.45) is 4.99 Å². The molecule has 3 atom stereocenters. The monoisotopic (exact) mass is 267 g/mol. The lowest BCUT2D eigenvalue weighted by Gasteiger charge is -2.52. The second-order valence-corrected chi connectivity index (χ2v) is 5.77. The molecule has 0 aromatic rings. The number of nitrogens with one attached hydrogen (secondary N) is 2. The molecule has 2 aliphatic carbocycles. The maximum atomic E-state index is 6.05. The SMILES string of the molecule is CCOC1CC(NC(=NC)NC2CC2)C12CCCO2. The van der Waals surface area contributed by atoms with Crippen molar-refractivity contribution in [3.05, 3.63) is 0 Å². The molecule has 3 fully saturated rings. The van der Waals surface area contributed by atoms with Crippen LogP contribution >= 0.6 is 0 Å². The summed E-state index contributed by atoms with van der Waals surface area (Å²) in [6.45, 7) is 3.67. The first-order valence-corrected chi connectivity index (χ1v) is 7.54. The van der Waals surface area contributed by atoms with Crippen LogP contribution in [0.2, 0.25) is 0 Å². The van der Waals surface area contributed by atoms with Crippen molar-refractivity contribution in [1.29, 1.82) is 0 Å². The molecule has 1 aliphatic heterocycles. The minimum Gasteiger partial charge on any atom is -0.375 e. The predicted molar refractivity (Wildman–Crippen MR) is 74.4 cm³/mol. The molecule has 3 unspecified atom stereocenters. The standard InChI is InChI=1S/C14H25N3O2/c1-3-18-12-9-11(14(12)7-4-8-19-14)17-13(15-2)16-10-5-6-10/h10-12H,3-9H2,1-2H3,(H2,15,16,17). The molecule has 5 nitrogen and oxygen atoms in total. The van der Waals surface area contributed by atoms with E-state index in [1.807, 2.05) is 7.05 Å². The molecule has 2 saturated carbocycles. The van der Waals surface area contributed by atoms with Gasteiger partial charge in [0.05, 0.1) is 12.1 Å². The summed E-state index contributed by atoms with van der Waals surface area (Å²) in [5.74, 6) is 0.914. The Hall–Kier alpha value is -0.810. The van der Waals surface area contributed by atoms with E-state index in [1.54, 1.807) is 0 Å². The smallest absolute Gasteiger partial charge is 0.191 e. The topological polar surface area (TPSA) is 54.9 Å². The second kappa shape index (κ2) is 5.29. The van der Waals surface area contributed by atoms with Crippen LogP contribution in [0.5, 0.6) is 0 Å². The van der Waals surface area contributed by atoms with E-state index in [9.17, 15) is 0 Å². The van der Waals surface area contributed by atoms with Gasteiger partial charge in [0.25, 0.3) is 0 Å². The summed E-state index contributed by atoms with van der Waals surface area (Å²) in [5.41, 5.74) is -0.114. The van der Waals surface area contributed by atoms with Crippen LogP contribution in [-0.4, -0.2) is 50.0 Å². The summed E-state index contributed by atoms with van der Waals surface area (Å²) in [7, 11) is 1.83. The zero-order valence-corrected chi connectivity index (χ0v) is 11.9. The van der Waals surface area contributed by atoms with Gasteiger partial charge in [0.2, 0.25) is 0 Å². The number of guanidine groups is 1. The Kier molecular flexibility index (Phi) is 3.67. The fourth-order valence-corrected chi connectivity index (χ4v) is 3.24. The average Bonchev–Trinajstić information content (AvgIpc) is 3.07. The van der Waals surface area contributed by atoms with Gasteiger partial charge in [-0.1, -0.05) is 0 Å². The van der Waals surface area contributed by atoms with Crippen LogP contribution in [0, 0.1) is 0 Å². The van der Waals surface area contributed by atoms with E-state index in [4.69, 9.17) is 9.47 Å². The number of ether oxygens (including phenoxy) is 2. The van der Waals surface area contributed by atoms with E-state index < -0.39 is 0 Å². The van der Waals surface area contributed by atoms with Gasteiger partial charge in [-0.15, -0.1) is 0 Å². The number of aliphatic imine (C=N–C) groups is 1. The Bertz CT molecular complexity index is 349. The summed E-state index contributed by atoms with van der Waals surface area (Å²) < 4.78 is 11.9. The molecule has 0 aromatic carbocycles. The van der Waals surface area contributed by atoms with E-state index in [2.05, 4.69) is 22.5 Å². The fourth-order valence-electron chi connectivity index (χ4n) is 3.24. The zero-order valence-electron chi connectivity index (χ0n) is 11.9. The van der Waals surface area contributed by atoms with Gasteiger partial charge in [0, 0.05) is 26.3 Å². The van der Waals surface area contributed by atoms with Gasteiger partial charge in [-0.3, -0.25) is 4.99 Å². The van der Waals surface area contributed by atoms with Crippen molar-refractivity contribution in [2.75, 3.05) is 20.3 Å².